The Morgan fingerprint density at radius 2 is 0.667 bits per heavy atom. The van der Waals surface area contributed by atoms with Crippen molar-refractivity contribution < 1.29 is 73.3 Å². The molecule has 0 saturated heterocycles. The Labute approximate surface area is 110 Å². The molecule has 0 unspecified atom stereocenters. The van der Waals surface area contributed by atoms with E-state index in [4.69, 9.17) is 38.8 Å². The van der Waals surface area contributed by atoms with Gasteiger partial charge in [-0.05, 0) is 0 Å². The maximum atomic E-state index is 5.00. The topological polar surface area (TPSA) is 0 Å². The smallest absolute Gasteiger partial charge is 1.00 e. The fourth-order valence-electron chi connectivity index (χ4n) is 0. The summed E-state index contributed by atoms with van der Waals surface area (Å²) in [5, 5.41) is 0. The minimum Gasteiger partial charge on any atom is 1.00 e. The van der Waals surface area contributed by atoms with Gasteiger partial charge in [0.1, 0.15) is 0 Å². The predicted molar refractivity (Wildman–Crippen MR) is 23.4 cm³/mol. The first-order valence-electron chi connectivity index (χ1n) is 0.535. The zero-order valence-corrected chi connectivity index (χ0v) is 10.9. The Morgan fingerprint density at radius 3 is 0.667 bits per heavy atom. The molecule has 0 aromatic rings. The molecule has 52 valence electrons. The van der Waals surface area contributed by atoms with Crippen LogP contribution < -0.4 is 62.5 Å². The van der Waals surface area contributed by atoms with Crippen molar-refractivity contribution in [1.29, 1.82) is 0 Å². The van der Waals surface area contributed by atoms with Gasteiger partial charge in [0.2, 0.25) is 0 Å². The molecule has 0 aliphatic heterocycles. The molecule has 0 N–H and O–H groups in total. The van der Waals surface area contributed by atoms with Gasteiger partial charge in [-0.25, -0.2) is 0 Å². The van der Waals surface area contributed by atoms with Gasteiger partial charge in [-0.1, -0.05) is 0 Å². The van der Waals surface area contributed by atoms with Crippen molar-refractivity contribution in [1.82, 2.24) is 0 Å². The largest absolute Gasteiger partial charge is 1.00 e. The maximum Gasteiger partial charge on any atom is 1.00 e. The van der Waals surface area contributed by atoms with Crippen molar-refractivity contribution in [2.24, 2.45) is 0 Å². The van der Waals surface area contributed by atoms with Crippen molar-refractivity contribution in [3.05, 3.63) is 0 Å². The van der Waals surface area contributed by atoms with Crippen molar-refractivity contribution >= 4 is 38.8 Å². The summed E-state index contributed by atoms with van der Waals surface area (Å²) >= 11 is 0. The van der Waals surface area contributed by atoms with E-state index < -0.39 is 10.8 Å². The summed E-state index contributed by atoms with van der Waals surface area (Å²) in [6.07, 6.45) is 0. The van der Waals surface area contributed by atoms with Crippen molar-refractivity contribution in [2.45, 2.75) is 0 Å². The molecule has 0 saturated carbocycles. The molecule has 0 bridgehead atoms. The van der Waals surface area contributed by atoms with Crippen LogP contribution in [0.2, 0.25) is 0 Å². The normalized spacial score (nSPS) is 8.44. The summed E-state index contributed by atoms with van der Waals surface area (Å²) in [7, 11) is 17.0. The molecule has 0 rings (SSSR count). The van der Waals surface area contributed by atoms with Gasteiger partial charge in [-0.3, -0.25) is 0 Å². The molecule has 0 fully saturated rings. The number of rotatable bonds is 0. The average Bonchev–Trinajstić information content (AvgIpc) is 0.722. The van der Waals surface area contributed by atoms with E-state index in [1.54, 1.807) is 0 Å². The standard InChI is InChI=1S/6ClH.2Li.Ru/h6*1H;;;/q;;;;;;2*+1;+4/p-6. The average molecular weight is 328 g/mol. The van der Waals surface area contributed by atoms with E-state index >= 15 is 0 Å². The molecule has 9 heteroatoms. The summed E-state index contributed by atoms with van der Waals surface area (Å²) in [6, 6.07) is 0. The number of halogens is 6. The van der Waals surface area contributed by atoms with E-state index in [-0.39, 0.29) is 62.5 Å². The fraction of sp³-hybridized carbons (Fsp3) is 0. The second-order valence-corrected chi connectivity index (χ2v) is 16.1. The van der Waals surface area contributed by atoms with Crippen LogP contribution in [0.15, 0.2) is 0 Å². The summed E-state index contributed by atoms with van der Waals surface area (Å²) in [4.78, 5) is 0. The van der Waals surface area contributed by atoms with Gasteiger partial charge in [-0.2, -0.15) is 0 Å². The molecule has 0 aromatic carbocycles. The molecule has 0 nitrogen and oxygen atoms in total. The first kappa shape index (κ1) is 29.4. The van der Waals surface area contributed by atoms with Crippen LogP contribution in [0, 0.1) is 0 Å². The molecule has 0 aromatic heterocycles. The maximum absolute atomic E-state index is 5.00. The van der Waals surface area contributed by atoms with Gasteiger partial charge < -0.3 is 24.8 Å². The Kier molecular flexibility index (Phi) is 46.0. The summed E-state index contributed by atoms with van der Waals surface area (Å²) in [6.45, 7) is 0. The molecule has 0 spiro atoms. The van der Waals surface area contributed by atoms with Crippen molar-refractivity contribution in [3.8, 4) is 0 Å². The second kappa shape index (κ2) is 14.1. The predicted octanol–water partition coefficient (Wildman–Crippen LogP) is -9.23. The zero-order chi connectivity index (χ0) is 4.50. The molecule has 0 amide bonds. The van der Waals surface area contributed by atoms with E-state index in [0.717, 1.165) is 0 Å². The first-order valence-corrected chi connectivity index (χ1v) is 9.49. The van der Waals surface area contributed by atoms with Crippen LogP contribution in [0.4, 0.5) is 0 Å². The van der Waals surface area contributed by atoms with Crippen LogP contribution in [-0.2, 0) is 10.8 Å². The van der Waals surface area contributed by atoms with E-state index in [9.17, 15) is 0 Å². The third-order valence-electron chi connectivity index (χ3n) is 0. The van der Waals surface area contributed by atoms with Gasteiger partial charge in [-0.15, -0.1) is 0 Å². The van der Waals surface area contributed by atoms with E-state index in [1.807, 2.05) is 0 Å². The van der Waals surface area contributed by atoms with E-state index in [2.05, 4.69) is 0 Å². The first-order chi connectivity index (χ1) is 2.00. The summed E-state index contributed by atoms with van der Waals surface area (Å²) in [5.41, 5.74) is 0. The zero-order valence-electron chi connectivity index (χ0n) is 4.62. The molecule has 9 heavy (non-hydrogen) atoms. The minimum atomic E-state index is -2.97. The summed E-state index contributed by atoms with van der Waals surface area (Å²) in [5.74, 6) is 0. The Morgan fingerprint density at radius 1 is 0.667 bits per heavy atom. The van der Waals surface area contributed by atoms with Gasteiger partial charge in [0.25, 0.3) is 0 Å². The second-order valence-electron chi connectivity index (χ2n) is 0.303. The van der Waals surface area contributed by atoms with E-state index in [1.165, 1.54) is 0 Å². The molecule has 0 heterocycles. The van der Waals surface area contributed by atoms with Crippen LogP contribution in [0.5, 0.6) is 0 Å². The SMILES string of the molecule is [Cl-].[Cl-].[Cl][Ru]([Cl])([Cl])[Cl].[Li+].[Li+]. The Balaban J connectivity index is -0.0000000133. The molecular weight excluding hydrogens is 328 g/mol. The third kappa shape index (κ3) is 83.4. The van der Waals surface area contributed by atoms with Crippen LogP contribution in [0.25, 0.3) is 0 Å². The van der Waals surface area contributed by atoms with Crippen LogP contribution in [0.3, 0.4) is 0 Å². The quantitative estimate of drug-likeness (QED) is 0.388. The van der Waals surface area contributed by atoms with Gasteiger partial charge in [0.05, 0.1) is 0 Å². The fourth-order valence-corrected chi connectivity index (χ4v) is 0. The van der Waals surface area contributed by atoms with Gasteiger partial charge in [0, 0.05) is 0 Å². The van der Waals surface area contributed by atoms with Crippen LogP contribution >= 0.6 is 38.8 Å². The Bertz CT molecular complexity index is 26.5. The van der Waals surface area contributed by atoms with Crippen molar-refractivity contribution in [3.63, 3.8) is 0 Å². The molecule has 0 radical (unpaired) electrons. The number of hydrogen-bond donors (Lipinski definition) is 0. The molecule has 0 aliphatic rings. The van der Waals surface area contributed by atoms with Gasteiger partial charge in [0.15, 0.2) is 0 Å². The van der Waals surface area contributed by atoms with E-state index in [0.29, 0.717) is 0 Å². The molecule has 0 atom stereocenters. The monoisotopic (exact) mass is 326 g/mol. The Hall–Kier alpha value is 3.56. The molecule has 0 aliphatic carbocycles. The third-order valence-corrected chi connectivity index (χ3v) is 0. The van der Waals surface area contributed by atoms with Crippen LogP contribution in [-0.4, -0.2) is 0 Å². The van der Waals surface area contributed by atoms with Crippen molar-refractivity contribution in [2.75, 3.05) is 0 Å². The van der Waals surface area contributed by atoms with Crippen LogP contribution in [0.1, 0.15) is 0 Å². The number of hydrogen-bond acceptors (Lipinski definition) is 0. The summed E-state index contributed by atoms with van der Waals surface area (Å²) < 4.78 is 0. The molecular formula is Cl6Li2Ru. The van der Waals surface area contributed by atoms with Gasteiger partial charge >= 0.3 is 87.3 Å². The minimum absolute atomic E-state index is 0.